The number of morpholine rings is 4. The lowest BCUT2D eigenvalue weighted by Crippen LogP contribution is -2.49. The zero-order chi connectivity index (χ0) is 72.2. The van der Waals surface area contributed by atoms with E-state index in [1.807, 2.05) is 121 Å². The fourth-order valence-corrected chi connectivity index (χ4v) is 13.2. The molecule has 19 heteroatoms. The van der Waals surface area contributed by atoms with Gasteiger partial charge in [-0.3, -0.25) is 34.0 Å². The summed E-state index contributed by atoms with van der Waals surface area (Å²) in [5, 5.41) is 52.1. The third kappa shape index (κ3) is 38.4. The van der Waals surface area contributed by atoms with E-state index in [2.05, 4.69) is 56.3 Å². The minimum absolute atomic E-state index is 0.0433. The summed E-state index contributed by atoms with van der Waals surface area (Å²) in [4.78, 5) is 46.5. The molecule has 0 spiro atoms. The number of benzene rings is 4. The number of carbonyl (C=O) groups is 3. The first-order chi connectivity index (χ1) is 49.4. The molecule has 8 atom stereocenters. The normalized spacial score (nSPS) is 17.9. The van der Waals surface area contributed by atoms with Gasteiger partial charge in [-0.15, -0.1) is 0 Å². The van der Waals surface area contributed by atoms with E-state index in [0.717, 1.165) is 126 Å². The lowest BCUT2D eigenvalue weighted by molar-refractivity contribution is -0.124. The van der Waals surface area contributed by atoms with Crippen LogP contribution in [0.15, 0.2) is 121 Å². The molecular weight excluding hydrogens is 1270 g/mol. The van der Waals surface area contributed by atoms with Crippen molar-refractivity contribution >= 4 is 17.7 Å². The Morgan fingerprint density at radius 1 is 0.327 bits per heavy atom. The van der Waals surface area contributed by atoms with Gasteiger partial charge in [0, 0.05) is 104 Å². The van der Waals surface area contributed by atoms with Gasteiger partial charge in [0.2, 0.25) is 17.7 Å². The summed E-state index contributed by atoms with van der Waals surface area (Å²) in [7, 11) is 0. The van der Waals surface area contributed by atoms with E-state index in [1.54, 1.807) is 0 Å². The first kappa shape index (κ1) is 86.4. The van der Waals surface area contributed by atoms with Crippen LogP contribution < -0.4 is 21.7 Å². The second-order valence-corrected chi connectivity index (χ2v) is 27.9. The maximum atomic E-state index is 12.5. The smallest absolute Gasteiger partial charge is 0.220 e. The predicted molar refractivity (Wildman–Crippen MR) is 406 cm³/mol. The molecule has 4 fully saturated rings. The van der Waals surface area contributed by atoms with Crippen LogP contribution in [0.25, 0.3) is 0 Å². The van der Waals surface area contributed by atoms with E-state index in [9.17, 15) is 34.8 Å². The molecule has 0 bridgehead atoms. The molecule has 4 aromatic carbocycles. The number of aliphatic hydroxyl groups is 4. The summed E-state index contributed by atoms with van der Waals surface area (Å²) in [6.07, 6.45) is 24.0. The molecule has 8 rings (SSSR count). The standard InChI is InChI=1S/3C23H38N2O3.C13H20N2O2/c3*1-2-3-4-5-6-7-11-14-22(26)24-21(19-25-15-17-28-18-16-25)23(27)20-12-9-8-10-13-20;14-12(10-15-6-8-17-9-7-15)13(16)11-4-2-1-3-5-11/h3*8-10,12-13,21,23,27H,2-7,11,14-19H2,1H3,(H,24,26);1-5,12-13,16H,6-10,14H2/t21-,23+;2*21-,23-;12-,13-/m0101/s1. The lowest BCUT2D eigenvalue weighted by Gasteiger charge is -2.33. The number of unbranched alkanes of at least 4 members (excludes halogenated alkanes) is 18. The molecule has 4 saturated heterocycles. The number of amides is 3. The minimum atomic E-state index is -0.706. The molecule has 3 amide bonds. The Hall–Kier alpha value is -5.23. The van der Waals surface area contributed by atoms with Crippen molar-refractivity contribution in [3.63, 3.8) is 0 Å². The Morgan fingerprint density at radius 3 is 0.772 bits per heavy atom. The van der Waals surface area contributed by atoms with E-state index in [4.69, 9.17) is 24.7 Å². The van der Waals surface area contributed by atoms with Crippen LogP contribution in [-0.2, 0) is 33.3 Å². The van der Waals surface area contributed by atoms with E-state index < -0.39 is 24.4 Å². The fraction of sp³-hybridized carbons (Fsp3) is 0.671. The highest BCUT2D eigenvalue weighted by Gasteiger charge is 2.30. The first-order valence-corrected chi connectivity index (χ1v) is 39.1. The number of aliphatic hydroxyl groups excluding tert-OH is 4. The number of ether oxygens (including phenoxy) is 4. The van der Waals surface area contributed by atoms with Gasteiger partial charge in [0.15, 0.2) is 0 Å². The van der Waals surface area contributed by atoms with Gasteiger partial charge in [-0.1, -0.05) is 258 Å². The number of carbonyl (C=O) groups excluding carboxylic acids is 3. The van der Waals surface area contributed by atoms with Crippen LogP contribution in [0.1, 0.15) is 222 Å². The molecule has 0 saturated carbocycles. The summed E-state index contributed by atoms with van der Waals surface area (Å²) < 4.78 is 21.5. The number of nitrogens with zero attached hydrogens (tertiary/aromatic N) is 4. The third-order valence-corrected chi connectivity index (χ3v) is 19.4. The molecule has 19 nitrogen and oxygen atoms in total. The number of hydrogen-bond donors (Lipinski definition) is 8. The monoisotopic (exact) mass is 1410 g/mol. The largest absolute Gasteiger partial charge is 0.387 e. The van der Waals surface area contributed by atoms with Crippen LogP contribution in [0, 0.1) is 0 Å². The molecule has 0 unspecified atom stereocenters. The second-order valence-electron chi connectivity index (χ2n) is 27.9. The summed E-state index contributed by atoms with van der Waals surface area (Å²) in [6, 6.07) is 37.2. The molecular formula is C82H134N8O11. The third-order valence-electron chi connectivity index (χ3n) is 19.4. The van der Waals surface area contributed by atoms with Crippen molar-refractivity contribution in [1.29, 1.82) is 0 Å². The summed E-state index contributed by atoms with van der Waals surface area (Å²) in [6.45, 7) is 21.9. The van der Waals surface area contributed by atoms with E-state index in [0.29, 0.717) is 85.1 Å². The fourth-order valence-electron chi connectivity index (χ4n) is 13.2. The van der Waals surface area contributed by atoms with Crippen molar-refractivity contribution in [3.8, 4) is 0 Å². The Labute approximate surface area is 608 Å². The van der Waals surface area contributed by atoms with Crippen LogP contribution in [0.4, 0.5) is 0 Å². The van der Waals surface area contributed by atoms with Gasteiger partial charge in [0.25, 0.3) is 0 Å². The van der Waals surface area contributed by atoms with Gasteiger partial charge >= 0.3 is 0 Å². The van der Waals surface area contributed by atoms with Crippen LogP contribution in [0.5, 0.6) is 0 Å². The van der Waals surface area contributed by atoms with Crippen LogP contribution in [0.2, 0.25) is 0 Å². The van der Waals surface area contributed by atoms with Gasteiger partial charge in [0.05, 0.1) is 77.1 Å². The van der Waals surface area contributed by atoms with Gasteiger partial charge in [-0.2, -0.15) is 0 Å². The summed E-state index contributed by atoms with van der Waals surface area (Å²) >= 11 is 0. The van der Waals surface area contributed by atoms with Gasteiger partial charge in [-0.05, 0) is 41.5 Å². The first-order valence-electron chi connectivity index (χ1n) is 39.1. The average molecular weight is 1410 g/mol. The number of rotatable bonds is 43. The van der Waals surface area contributed by atoms with Gasteiger partial charge in [0.1, 0.15) is 18.3 Å². The molecule has 568 valence electrons. The Bertz CT molecular complexity index is 2400. The predicted octanol–water partition coefficient (Wildman–Crippen LogP) is 11.4. The quantitative estimate of drug-likeness (QED) is 0.0192. The maximum absolute atomic E-state index is 12.5. The highest BCUT2D eigenvalue weighted by atomic mass is 16.5. The van der Waals surface area contributed by atoms with Gasteiger partial charge < -0.3 is 61.1 Å². The average Bonchev–Trinajstić information content (AvgIpc) is 0.907. The second kappa shape index (κ2) is 55.3. The van der Waals surface area contributed by atoms with E-state index >= 15 is 0 Å². The maximum Gasteiger partial charge on any atom is 0.220 e. The van der Waals surface area contributed by atoms with Crippen LogP contribution in [0.3, 0.4) is 0 Å². The molecule has 4 aromatic rings. The minimum Gasteiger partial charge on any atom is -0.387 e. The number of nitrogens with two attached hydrogens (primary N) is 1. The van der Waals surface area contributed by atoms with Gasteiger partial charge in [-0.25, -0.2) is 0 Å². The van der Waals surface area contributed by atoms with Crippen molar-refractivity contribution in [1.82, 2.24) is 35.6 Å². The molecule has 101 heavy (non-hydrogen) atoms. The SMILES string of the molecule is CCCCCCCCCC(=O)N[C@@H](CN1CCOCC1)[C@@H](O)c1ccccc1.CCCCCCCCCC(=O)N[C@@H](CN1CCOCC1)[C@H](O)c1ccccc1.CCCCCCCCCC(=O)N[C@H](CN1CCOCC1)[C@H](O)c1ccccc1.N[C@H](CN1CCOCC1)[C@H](O)c1ccccc1. The topological polar surface area (TPSA) is 244 Å². The van der Waals surface area contributed by atoms with E-state index in [1.165, 1.54) is 96.3 Å². The van der Waals surface area contributed by atoms with Crippen molar-refractivity contribution in [2.24, 2.45) is 5.73 Å². The number of nitrogens with one attached hydrogen (secondary N) is 3. The molecule has 4 aliphatic rings. The van der Waals surface area contributed by atoms with Crippen molar-refractivity contribution < 1.29 is 53.8 Å². The zero-order valence-corrected chi connectivity index (χ0v) is 62.3. The molecule has 4 heterocycles. The summed E-state index contributed by atoms with van der Waals surface area (Å²) in [5.74, 6) is 0.130. The zero-order valence-electron chi connectivity index (χ0n) is 62.3. The Morgan fingerprint density at radius 2 is 0.535 bits per heavy atom. The molecule has 0 radical (unpaired) electrons. The van der Waals surface area contributed by atoms with E-state index in [-0.39, 0.29) is 41.9 Å². The summed E-state index contributed by atoms with van der Waals surface area (Å²) in [5.41, 5.74) is 9.46. The number of hydrogen-bond acceptors (Lipinski definition) is 16. The Balaban J connectivity index is 0.000000246. The molecule has 9 N–H and O–H groups in total. The van der Waals surface area contributed by atoms with Crippen LogP contribution in [-0.4, -0.2) is 213 Å². The Kier molecular flexibility index (Phi) is 47.3. The highest BCUT2D eigenvalue weighted by molar-refractivity contribution is 5.77. The highest BCUT2D eigenvalue weighted by Crippen LogP contribution is 2.23. The van der Waals surface area contributed by atoms with Crippen molar-refractivity contribution in [3.05, 3.63) is 144 Å². The van der Waals surface area contributed by atoms with Crippen molar-refractivity contribution in [2.45, 2.75) is 223 Å². The molecule has 4 aliphatic heterocycles. The van der Waals surface area contributed by atoms with Crippen LogP contribution >= 0.6 is 0 Å². The van der Waals surface area contributed by atoms with Crippen molar-refractivity contribution in [2.75, 3.05) is 131 Å². The molecule has 0 aromatic heterocycles. The molecule has 0 aliphatic carbocycles. The lowest BCUT2D eigenvalue weighted by atomic mass is 10.0.